The van der Waals surface area contributed by atoms with Crippen LogP contribution >= 0.6 is 48.6 Å². The van der Waals surface area contributed by atoms with Gasteiger partial charge in [0.2, 0.25) is 0 Å². The molecule has 1 aromatic heterocycles. The summed E-state index contributed by atoms with van der Waals surface area (Å²) in [6, 6.07) is 12.7. The molecule has 0 bridgehead atoms. The van der Waals surface area contributed by atoms with Gasteiger partial charge in [-0.1, -0.05) is 44.2 Å². The van der Waals surface area contributed by atoms with Crippen LogP contribution in [-0.4, -0.2) is 0 Å². The van der Waals surface area contributed by atoms with Gasteiger partial charge >= 0.3 is 50.5 Å². The van der Waals surface area contributed by atoms with Crippen LogP contribution in [-0.2, 0) is 32.7 Å². The molecule has 0 N–H and O–H groups in total. The van der Waals surface area contributed by atoms with Crippen LogP contribution in [0.4, 0.5) is 0 Å². The third-order valence-corrected chi connectivity index (χ3v) is 2.89. The second-order valence-corrected chi connectivity index (χ2v) is 20.1. The minimum absolute atomic E-state index is 0. The van der Waals surface area contributed by atoms with Crippen molar-refractivity contribution in [3.63, 3.8) is 0 Å². The van der Waals surface area contributed by atoms with Gasteiger partial charge in [-0.3, -0.25) is 0 Å². The maximum absolute atomic E-state index is 2.39. The third kappa shape index (κ3) is 12.4. The molecule has 0 nitrogen and oxygen atoms in total. The zero-order valence-corrected chi connectivity index (χ0v) is 21.8. The molecule has 19 heavy (non-hydrogen) atoms. The predicted octanol–water partition coefficient (Wildman–Crippen LogP) is 3.97. The molecule has 2 rings (SSSR count). The monoisotopic (exact) mass is 689 g/mol. The van der Waals surface area contributed by atoms with Gasteiger partial charge in [0.25, 0.3) is 0 Å². The summed E-state index contributed by atoms with van der Waals surface area (Å²) in [6.07, 6.45) is 0. The second-order valence-electron chi connectivity index (χ2n) is 2.91. The molecule has 1 heterocycles. The molecule has 2 aromatic rings. The van der Waals surface area contributed by atoms with Crippen LogP contribution in [0.2, 0.25) is 0 Å². The Labute approximate surface area is 177 Å². The fraction of sp³-hybridized carbons (Fsp3) is 0.214. The molecule has 0 aliphatic rings. The van der Waals surface area contributed by atoms with Crippen molar-refractivity contribution in [2.75, 3.05) is 0 Å². The third-order valence-electron chi connectivity index (χ3n) is 1.79. The Morgan fingerprint density at radius 2 is 1.53 bits per heavy atom. The van der Waals surface area contributed by atoms with Gasteiger partial charge in [0.15, 0.2) is 0 Å². The van der Waals surface area contributed by atoms with Crippen LogP contribution in [0.1, 0.15) is 19.4 Å². The molecule has 0 fully saturated rings. The Kier molecular flexibility index (Phi) is 25.1. The van der Waals surface area contributed by atoms with Gasteiger partial charge in [0, 0.05) is 37.6 Å². The minimum atomic E-state index is 0. The molecular weight excluding hydrogens is 670 g/mol. The quantitative estimate of drug-likeness (QED) is 0.315. The fourth-order valence-electron chi connectivity index (χ4n) is 1.19. The SMILES string of the molecule is CC.Cc1csc(-c2ccccc2)c1.I[I-]I.[CH3-].[Y]. The molecule has 0 aliphatic carbocycles. The van der Waals surface area contributed by atoms with E-state index in [1.807, 2.05) is 19.9 Å². The largest absolute Gasteiger partial charge is 0.358 e. The Bertz CT molecular complexity index is 391. The van der Waals surface area contributed by atoms with Gasteiger partial charge in [-0.05, 0) is 29.5 Å². The Morgan fingerprint density at radius 1 is 1.05 bits per heavy atom. The van der Waals surface area contributed by atoms with E-state index >= 15 is 0 Å². The number of hydrogen-bond acceptors (Lipinski definition) is 1. The van der Waals surface area contributed by atoms with Gasteiger partial charge in [0.1, 0.15) is 0 Å². The number of hydrogen-bond donors (Lipinski definition) is 0. The maximum atomic E-state index is 2.39. The van der Waals surface area contributed by atoms with Crippen molar-refractivity contribution in [1.29, 1.82) is 0 Å². The Morgan fingerprint density at radius 3 is 1.89 bits per heavy atom. The Hall–Kier alpha value is 2.21. The van der Waals surface area contributed by atoms with E-state index in [2.05, 4.69) is 79.9 Å². The van der Waals surface area contributed by atoms with E-state index in [9.17, 15) is 0 Å². The topological polar surface area (TPSA) is 0 Å². The molecule has 0 amide bonds. The number of benzene rings is 1. The van der Waals surface area contributed by atoms with Crippen molar-refractivity contribution in [3.05, 3.63) is 54.8 Å². The molecule has 0 unspecified atom stereocenters. The zero-order valence-electron chi connectivity index (χ0n) is 11.7. The minimum Gasteiger partial charge on any atom is -0.358 e. The first-order chi connectivity index (χ1) is 8.27. The van der Waals surface area contributed by atoms with Crippen LogP contribution in [0, 0.1) is 14.4 Å². The molecule has 1 radical (unpaired) electrons. The molecule has 0 aliphatic heterocycles. The average molecular weight is 689 g/mol. The van der Waals surface area contributed by atoms with Gasteiger partial charge in [0.05, 0.1) is 0 Å². The van der Waals surface area contributed by atoms with E-state index < -0.39 is 0 Å². The molecular formula is C14H19I3SY-2. The summed E-state index contributed by atoms with van der Waals surface area (Å²) >= 11 is 7.10. The first kappa shape index (κ1) is 26.1. The van der Waals surface area contributed by atoms with Crippen molar-refractivity contribution >= 4 is 48.6 Å². The van der Waals surface area contributed by atoms with Crippen molar-refractivity contribution in [1.82, 2.24) is 0 Å². The summed E-state index contributed by atoms with van der Waals surface area (Å²) < 4.78 is 0. The van der Waals surface area contributed by atoms with Crippen LogP contribution in [0.15, 0.2) is 41.8 Å². The van der Waals surface area contributed by atoms with Gasteiger partial charge in [-0.25, -0.2) is 0 Å². The van der Waals surface area contributed by atoms with E-state index in [1.165, 1.54) is 16.0 Å². The average Bonchev–Trinajstić information content (AvgIpc) is 2.81. The fourth-order valence-corrected chi connectivity index (χ4v) is 2.09. The molecule has 0 spiro atoms. The molecule has 0 atom stereocenters. The summed E-state index contributed by atoms with van der Waals surface area (Å²) in [5.74, 6) is 0. The second kappa shape index (κ2) is 18.3. The number of rotatable bonds is 1. The van der Waals surface area contributed by atoms with Gasteiger partial charge < -0.3 is 7.43 Å². The van der Waals surface area contributed by atoms with E-state index in [-0.39, 0.29) is 40.1 Å². The summed E-state index contributed by atoms with van der Waals surface area (Å²) in [6.45, 7) is 6.13. The molecule has 107 valence electrons. The van der Waals surface area contributed by atoms with Crippen LogP contribution < -0.4 is 13.3 Å². The molecule has 0 saturated heterocycles. The summed E-state index contributed by atoms with van der Waals surface area (Å²) in [5, 5.41) is 2.18. The smallest absolute Gasteiger partial charge is 0 e. The normalized spacial score (nSPS) is 7.84. The standard InChI is InChI=1S/C11H10S.C2H6.CH3.I3.Y/c1-9-7-11(12-8-9)10-5-3-2-4-6-10;1-2;;1-3-2;/h2-8H,1H3;1-2H3;1H3;;/q;;2*-1;. The van der Waals surface area contributed by atoms with Crippen molar-refractivity contribution in [3.8, 4) is 10.4 Å². The van der Waals surface area contributed by atoms with E-state index in [0.29, 0.717) is 13.3 Å². The summed E-state index contributed by atoms with van der Waals surface area (Å²) in [5.41, 5.74) is 2.66. The number of thiophene rings is 1. The van der Waals surface area contributed by atoms with E-state index in [0.717, 1.165) is 0 Å². The van der Waals surface area contributed by atoms with Crippen LogP contribution in [0.5, 0.6) is 0 Å². The van der Waals surface area contributed by atoms with Crippen molar-refractivity contribution in [2.24, 2.45) is 0 Å². The Balaban J connectivity index is -0.000000327. The van der Waals surface area contributed by atoms with Crippen molar-refractivity contribution < 1.29 is 46.0 Å². The van der Waals surface area contributed by atoms with E-state index in [1.54, 1.807) is 11.3 Å². The molecule has 5 heteroatoms. The first-order valence-electron chi connectivity index (χ1n) is 5.25. The molecule has 0 saturated carbocycles. The first-order valence-corrected chi connectivity index (χ1v) is 18.7. The maximum Gasteiger partial charge on any atom is 0 e. The van der Waals surface area contributed by atoms with E-state index in [4.69, 9.17) is 0 Å². The number of aryl methyl sites for hydroxylation is 1. The predicted molar refractivity (Wildman–Crippen MR) is 100 cm³/mol. The van der Waals surface area contributed by atoms with Gasteiger partial charge in [-0.2, -0.15) is 0 Å². The zero-order chi connectivity index (χ0) is 13.1. The van der Waals surface area contributed by atoms with Crippen molar-refractivity contribution in [2.45, 2.75) is 20.8 Å². The van der Waals surface area contributed by atoms with Gasteiger partial charge in [-0.15, -0.1) is 11.3 Å². The molecule has 1 aromatic carbocycles. The summed E-state index contributed by atoms with van der Waals surface area (Å²) in [4.78, 5) is 1.35. The number of halogens is 3. The van der Waals surface area contributed by atoms with Crippen LogP contribution in [0.25, 0.3) is 10.4 Å². The summed E-state index contributed by atoms with van der Waals surface area (Å²) in [7, 11) is 0. The van der Waals surface area contributed by atoms with Crippen LogP contribution in [0.3, 0.4) is 0 Å².